The van der Waals surface area contributed by atoms with Gasteiger partial charge in [0.25, 0.3) is 0 Å². The van der Waals surface area contributed by atoms with Crippen molar-refractivity contribution in [3.8, 4) is 0 Å². The van der Waals surface area contributed by atoms with Crippen LogP contribution in [0.5, 0.6) is 0 Å². The molecule has 0 aromatic carbocycles. The van der Waals surface area contributed by atoms with E-state index in [1.54, 1.807) is 0 Å². The predicted molar refractivity (Wildman–Crippen MR) is 52.3 cm³/mol. The maximum atomic E-state index is 11.6. The van der Waals surface area contributed by atoms with Crippen molar-refractivity contribution in [1.82, 2.24) is 0 Å². The molecule has 2 aliphatic carbocycles. The lowest BCUT2D eigenvalue weighted by molar-refractivity contribution is -0.120. The van der Waals surface area contributed by atoms with Crippen LogP contribution in [-0.4, -0.2) is 5.78 Å². The van der Waals surface area contributed by atoms with Crippen LogP contribution in [0.1, 0.15) is 33.1 Å². The molecule has 0 radical (unpaired) electrons. The number of carbonyl (C=O) groups is 1. The number of Topliss-reactive ketones (excluding diaryl/α,β-unsaturated/α-hetero) is 1. The van der Waals surface area contributed by atoms with E-state index in [-0.39, 0.29) is 11.3 Å². The van der Waals surface area contributed by atoms with Gasteiger partial charge >= 0.3 is 0 Å². The molecular weight excluding hydrogens is 160 g/mol. The van der Waals surface area contributed by atoms with E-state index >= 15 is 0 Å². The zero-order valence-corrected chi connectivity index (χ0v) is 8.39. The van der Waals surface area contributed by atoms with Gasteiger partial charge in [0, 0.05) is 18.3 Å². The number of hydrogen-bond donors (Lipinski definition) is 0. The first-order valence-electron chi connectivity index (χ1n) is 5.00. The van der Waals surface area contributed by atoms with Crippen molar-refractivity contribution in [2.75, 3.05) is 0 Å². The van der Waals surface area contributed by atoms with Gasteiger partial charge < -0.3 is 0 Å². The first kappa shape index (κ1) is 8.77. The van der Waals surface area contributed by atoms with Crippen LogP contribution in [0.4, 0.5) is 0 Å². The van der Waals surface area contributed by atoms with Gasteiger partial charge in [0.1, 0.15) is 5.78 Å². The summed E-state index contributed by atoms with van der Waals surface area (Å²) < 4.78 is 0. The van der Waals surface area contributed by atoms with Gasteiger partial charge in [-0.15, -0.1) is 5.73 Å². The molecule has 1 nitrogen and oxygen atoms in total. The Balaban J connectivity index is 2.43. The first-order chi connectivity index (χ1) is 6.08. The molecule has 0 heterocycles. The predicted octanol–water partition coefficient (Wildman–Crippen LogP) is 2.72. The lowest BCUT2D eigenvalue weighted by Gasteiger charge is -2.23. The highest BCUT2D eigenvalue weighted by Crippen LogP contribution is 2.56. The molecular formula is C12H16O. The lowest BCUT2D eigenvalue weighted by atomic mass is 9.79. The molecule has 13 heavy (non-hydrogen) atoms. The highest BCUT2D eigenvalue weighted by molar-refractivity contribution is 5.85. The van der Waals surface area contributed by atoms with Gasteiger partial charge in [-0.25, -0.2) is 0 Å². The van der Waals surface area contributed by atoms with Gasteiger partial charge in [-0.05, 0) is 23.8 Å². The molecule has 70 valence electrons. The minimum absolute atomic E-state index is 0.205. The number of hydrogen-bond acceptors (Lipinski definition) is 1. The number of rotatable bonds is 0. The normalized spacial score (nSPS) is 43.5. The molecule has 2 fully saturated rings. The molecule has 0 saturated heterocycles. The molecule has 3 atom stereocenters. The zero-order valence-electron chi connectivity index (χ0n) is 8.39. The molecule has 0 amide bonds. The Bertz CT molecular complexity index is 309. The Morgan fingerprint density at radius 2 is 2.31 bits per heavy atom. The third kappa shape index (κ3) is 1.04. The fraction of sp³-hybridized carbons (Fsp3) is 0.667. The quantitative estimate of drug-likeness (QED) is 0.519. The Kier molecular flexibility index (Phi) is 1.75. The Hall–Kier alpha value is -0.810. The largest absolute Gasteiger partial charge is 0.299 e. The first-order valence-corrected chi connectivity index (χ1v) is 5.00. The summed E-state index contributed by atoms with van der Waals surface area (Å²) in [4.78, 5) is 11.6. The van der Waals surface area contributed by atoms with Crippen molar-refractivity contribution >= 4 is 5.78 Å². The Labute approximate surface area is 79.5 Å². The van der Waals surface area contributed by atoms with Gasteiger partial charge in [-0.1, -0.05) is 20.4 Å². The molecule has 1 unspecified atom stereocenters. The maximum Gasteiger partial charge on any atom is 0.136 e. The van der Waals surface area contributed by atoms with Crippen molar-refractivity contribution in [3.05, 3.63) is 17.9 Å². The average molecular weight is 176 g/mol. The van der Waals surface area contributed by atoms with E-state index in [9.17, 15) is 4.79 Å². The number of allylic oxidation sites excluding steroid dienone is 1. The minimum atomic E-state index is 0.205. The molecule has 0 spiro atoms. The maximum absolute atomic E-state index is 11.6. The van der Waals surface area contributed by atoms with E-state index in [1.165, 1.54) is 5.57 Å². The average Bonchev–Trinajstić information content (AvgIpc) is 2.50. The third-order valence-corrected chi connectivity index (χ3v) is 3.90. The Morgan fingerprint density at radius 3 is 2.92 bits per heavy atom. The van der Waals surface area contributed by atoms with Crippen molar-refractivity contribution < 1.29 is 4.79 Å². The second-order valence-electron chi connectivity index (χ2n) is 4.77. The molecule has 2 saturated carbocycles. The van der Waals surface area contributed by atoms with Crippen molar-refractivity contribution in [3.63, 3.8) is 0 Å². The highest BCUT2D eigenvalue weighted by atomic mass is 16.1. The third-order valence-electron chi connectivity index (χ3n) is 3.90. The second-order valence-corrected chi connectivity index (χ2v) is 4.77. The van der Waals surface area contributed by atoms with Gasteiger partial charge in [-0.2, -0.15) is 0 Å². The zero-order chi connectivity index (χ0) is 9.64. The summed E-state index contributed by atoms with van der Waals surface area (Å²) in [6.45, 7) is 8.02. The van der Waals surface area contributed by atoms with Crippen LogP contribution in [0.2, 0.25) is 0 Å². The number of fused-ring (bicyclic) bond motifs is 1. The summed E-state index contributed by atoms with van der Waals surface area (Å²) in [5.74, 6) is 1.08. The smallest absolute Gasteiger partial charge is 0.136 e. The van der Waals surface area contributed by atoms with Gasteiger partial charge in [0.15, 0.2) is 0 Å². The summed E-state index contributed by atoms with van der Waals surface area (Å²) in [6.07, 6.45) is 3.01. The summed E-state index contributed by atoms with van der Waals surface area (Å²) in [5, 5.41) is 0. The molecule has 0 aromatic rings. The molecule has 0 N–H and O–H groups in total. The fourth-order valence-corrected chi connectivity index (χ4v) is 3.20. The summed E-state index contributed by atoms with van der Waals surface area (Å²) in [7, 11) is 0. The van der Waals surface area contributed by atoms with Crippen LogP contribution in [0.3, 0.4) is 0 Å². The van der Waals surface area contributed by atoms with E-state index in [2.05, 4.69) is 26.2 Å². The SMILES string of the molecule is C=C=C1CC[C@]2(C)CC(=O)C(C)[C@H]12. The van der Waals surface area contributed by atoms with Gasteiger partial charge in [-0.3, -0.25) is 4.79 Å². The van der Waals surface area contributed by atoms with Gasteiger partial charge in [0.05, 0.1) is 0 Å². The summed E-state index contributed by atoms with van der Waals surface area (Å²) in [5.41, 5.74) is 4.55. The van der Waals surface area contributed by atoms with Crippen LogP contribution >= 0.6 is 0 Å². The van der Waals surface area contributed by atoms with Crippen LogP contribution in [0.15, 0.2) is 17.9 Å². The van der Waals surface area contributed by atoms with E-state index in [0.717, 1.165) is 19.3 Å². The van der Waals surface area contributed by atoms with Crippen LogP contribution < -0.4 is 0 Å². The van der Waals surface area contributed by atoms with Crippen molar-refractivity contribution in [2.45, 2.75) is 33.1 Å². The van der Waals surface area contributed by atoms with E-state index in [0.29, 0.717) is 11.7 Å². The highest BCUT2D eigenvalue weighted by Gasteiger charge is 2.52. The molecule has 0 bridgehead atoms. The van der Waals surface area contributed by atoms with Crippen molar-refractivity contribution in [1.29, 1.82) is 0 Å². The molecule has 2 rings (SSSR count). The van der Waals surface area contributed by atoms with Crippen LogP contribution in [0.25, 0.3) is 0 Å². The summed E-state index contributed by atoms with van der Waals surface area (Å²) >= 11 is 0. The monoisotopic (exact) mass is 176 g/mol. The standard InChI is InChI=1S/C12H16O/c1-4-9-5-6-12(3)7-10(13)8(2)11(9)12/h8,11H,1,5-7H2,2-3H3/t8?,11-,12-/m1/s1. The second kappa shape index (κ2) is 2.59. The van der Waals surface area contributed by atoms with E-state index in [4.69, 9.17) is 0 Å². The fourth-order valence-electron chi connectivity index (χ4n) is 3.20. The molecule has 1 heteroatoms. The van der Waals surface area contributed by atoms with E-state index < -0.39 is 0 Å². The van der Waals surface area contributed by atoms with E-state index in [1.807, 2.05) is 0 Å². The minimum Gasteiger partial charge on any atom is -0.299 e. The molecule has 2 aliphatic rings. The molecule has 0 aliphatic heterocycles. The number of ketones is 1. The number of carbonyl (C=O) groups excluding carboxylic acids is 1. The Morgan fingerprint density at radius 1 is 1.62 bits per heavy atom. The topological polar surface area (TPSA) is 17.1 Å². The summed E-state index contributed by atoms with van der Waals surface area (Å²) in [6, 6.07) is 0. The lowest BCUT2D eigenvalue weighted by Crippen LogP contribution is -2.18. The van der Waals surface area contributed by atoms with Crippen LogP contribution in [-0.2, 0) is 4.79 Å². The van der Waals surface area contributed by atoms with Crippen LogP contribution in [0, 0.1) is 17.3 Å². The molecule has 0 aromatic heterocycles. The van der Waals surface area contributed by atoms with Gasteiger partial charge in [0.2, 0.25) is 0 Å². The van der Waals surface area contributed by atoms with Crippen molar-refractivity contribution in [2.24, 2.45) is 17.3 Å².